The van der Waals surface area contributed by atoms with Gasteiger partial charge in [0.05, 0.1) is 5.56 Å². The molecular weight excluding hydrogens is 375 g/mol. The van der Waals surface area contributed by atoms with Gasteiger partial charge in [0.2, 0.25) is 5.91 Å². The van der Waals surface area contributed by atoms with Crippen molar-refractivity contribution in [1.82, 2.24) is 5.32 Å². The minimum Gasteiger partial charge on any atom is -0.478 e. The summed E-state index contributed by atoms with van der Waals surface area (Å²) >= 11 is 0. The maximum atomic E-state index is 12.5. The van der Waals surface area contributed by atoms with E-state index in [1.54, 1.807) is 24.3 Å². The lowest BCUT2D eigenvalue weighted by molar-refractivity contribution is -0.274. The average molecular weight is 393 g/mol. The molecule has 28 heavy (non-hydrogen) atoms. The largest absolute Gasteiger partial charge is 0.573 e. The standard InChI is InChI=1S/C20H18F3NO4/c21-20(22,23)28-17-7-2-1-6-14(17)15-11-16(15)18(25)24-9-8-12-4-3-5-13(10-12)19(26)27/h1-7,10,15-16H,8-9,11H2,(H,24,25)(H,26,27). The number of hydrogen-bond acceptors (Lipinski definition) is 3. The van der Waals surface area contributed by atoms with E-state index in [-0.39, 0.29) is 23.1 Å². The molecule has 3 rings (SSSR count). The molecule has 0 heterocycles. The van der Waals surface area contributed by atoms with E-state index in [4.69, 9.17) is 5.11 Å². The zero-order valence-electron chi connectivity index (χ0n) is 14.7. The first-order chi connectivity index (χ1) is 13.2. The molecule has 5 nitrogen and oxygen atoms in total. The van der Waals surface area contributed by atoms with E-state index < -0.39 is 18.2 Å². The van der Waals surface area contributed by atoms with Crippen molar-refractivity contribution in [2.24, 2.45) is 5.92 Å². The molecule has 2 aromatic rings. The Morgan fingerprint density at radius 2 is 1.89 bits per heavy atom. The number of carbonyl (C=O) groups excluding carboxylic acids is 1. The second-order valence-electron chi connectivity index (χ2n) is 6.58. The molecule has 8 heteroatoms. The van der Waals surface area contributed by atoms with E-state index >= 15 is 0 Å². The number of alkyl halides is 3. The summed E-state index contributed by atoms with van der Waals surface area (Å²) in [6, 6.07) is 12.3. The van der Waals surface area contributed by atoms with E-state index in [9.17, 15) is 22.8 Å². The zero-order valence-corrected chi connectivity index (χ0v) is 14.7. The van der Waals surface area contributed by atoms with Gasteiger partial charge in [-0.25, -0.2) is 4.79 Å². The smallest absolute Gasteiger partial charge is 0.478 e. The lowest BCUT2D eigenvalue weighted by Gasteiger charge is -2.13. The van der Waals surface area contributed by atoms with Crippen molar-refractivity contribution < 1.29 is 32.6 Å². The van der Waals surface area contributed by atoms with Crippen molar-refractivity contribution in [3.8, 4) is 5.75 Å². The number of carbonyl (C=O) groups is 2. The van der Waals surface area contributed by atoms with Crippen LogP contribution >= 0.6 is 0 Å². The number of aromatic carboxylic acids is 1. The van der Waals surface area contributed by atoms with Crippen molar-refractivity contribution in [3.05, 3.63) is 65.2 Å². The Morgan fingerprint density at radius 3 is 2.61 bits per heavy atom. The maximum Gasteiger partial charge on any atom is 0.573 e. The van der Waals surface area contributed by atoms with Gasteiger partial charge in [0.1, 0.15) is 5.75 Å². The summed E-state index contributed by atoms with van der Waals surface area (Å²) in [5, 5.41) is 11.7. The lowest BCUT2D eigenvalue weighted by Crippen LogP contribution is -2.27. The summed E-state index contributed by atoms with van der Waals surface area (Å²) < 4.78 is 41.6. The number of para-hydroxylation sites is 1. The molecule has 1 saturated carbocycles. The molecule has 2 aromatic carbocycles. The molecule has 1 aliphatic rings. The fourth-order valence-corrected chi connectivity index (χ4v) is 3.15. The molecule has 1 amide bonds. The Balaban J connectivity index is 1.54. The van der Waals surface area contributed by atoms with Crippen LogP contribution in [0.1, 0.15) is 33.8 Å². The molecule has 1 fully saturated rings. The number of benzene rings is 2. The van der Waals surface area contributed by atoms with Gasteiger partial charge < -0.3 is 15.2 Å². The molecule has 0 aliphatic heterocycles. The van der Waals surface area contributed by atoms with Crippen LogP contribution in [0.2, 0.25) is 0 Å². The van der Waals surface area contributed by atoms with Gasteiger partial charge in [-0.15, -0.1) is 13.2 Å². The van der Waals surface area contributed by atoms with E-state index in [1.165, 1.54) is 24.3 Å². The van der Waals surface area contributed by atoms with E-state index in [0.29, 0.717) is 24.9 Å². The Hall–Kier alpha value is -3.03. The van der Waals surface area contributed by atoms with Gasteiger partial charge in [-0.1, -0.05) is 30.3 Å². The quantitative estimate of drug-likeness (QED) is 0.751. The first-order valence-electron chi connectivity index (χ1n) is 8.69. The number of carboxylic acids is 1. The van der Waals surface area contributed by atoms with Gasteiger partial charge in [-0.05, 0) is 48.1 Å². The molecule has 0 saturated heterocycles. The van der Waals surface area contributed by atoms with E-state index in [1.807, 2.05) is 0 Å². The predicted molar refractivity (Wildman–Crippen MR) is 94.1 cm³/mol. The number of ether oxygens (including phenoxy) is 1. The van der Waals surface area contributed by atoms with Crippen LogP contribution in [0.25, 0.3) is 0 Å². The maximum absolute atomic E-state index is 12.5. The fraction of sp³-hybridized carbons (Fsp3) is 0.300. The minimum absolute atomic E-state index is 0.173. The summed E-state index contributed by atoms with van der Waals surface area (Å²) in [4.78, 5) is 23.3. The predicted octanol–water partition coefficient (Wildman–Crippen LogP) is 3.75. The Bertz CT molecular complexity index is 882. The highest BCUT2D eigenvalue weighted by Crippen LogP contribution is 2.50. The highest BCUT2D eigenvalue weighted by atomic mass is 19.4. The van der Waals surface area contributed by atoms with Gasteiger partial charge in [-0.2, -0.15) is 0 Å². The molecule has 0 radical (unpaired) electrons. The van der Waals surface area contributed by atoms with Crippen molar-refractivity contribution in [1.29, 1.82) is 0 Å². The average Bonchev–Trinajstić information content (AvgIpc) is 3.41. The first-order valence-corrected chi connectivity index (χ1v) is 8.69. The fourth-order valence-electron chi connectivity index (χ4n) is 3.15. The van der Waals surface area contributed by atoms with Gasteiger partial charge in [-0.3, -0.25) is 4.79 Å². The van der Waals surface area contributed by atoms with Crippen molar-refractivity contribution >= 4 is 11.9 Å². The third-order valence-electron chi connectivity index (χ3n) is 4.56. The number of rotatable bonds is 7. The van der Waals surface area contributed by atoms with E-state index in [0.717, 1.165) is 5.56 Å². The summed E-state index contributed by atoms with van der Waals surface area (Å²) in [7, 11) is 0. The SMILES string of the molecule is O=C(O)c1cccc(CCNC(=O)C2CC2c2ccccc2OC(F)(F)F)c1. The molecule has 2 unspecified atom stereocenters. The molecule has 148 valence electrons. The van der Waals surface area contributed by atoms with Crippen LogP contribution in [0.5, 0.6) is 5.75 Å². The molecule has 1 aliphatic carbocycles. The molecule has 0 bridgehead atoms. The van der Waals surface area contributed by atoms with E-state index in [2.05, 4.69) is 10.1 Å². The van der Waals surface area contributed by atoms with Crippen LogP contribution in [0.15, 0.2) is 48.5 Å². The highest BCUT2D eigenvalue weighted by molar-refractivity contribution is 5.87. The van der Waals surface area contributed by atoms with Crippen LogP contribution in [0.3, 0.4) is 0 Å². The van der Waals surface area contributed by atoms with Crippen LogP contribution in [-0.2, 0) is 11.2 Å². The van der Waals surface area contributed by atoms with Crippen LogP contribution in [0.4, 0.5) is 13.2 Å². The zero-order chi connectivity index (χ0) is 20.3. The minimum atomic E-state index is -4.78. The number of nitrogens with one attached hydrogen (secondary N) is 1. The third kappa shape index (κ3) is 5.03. The molecule has 0 aromatic heterocycles. The number of hydrogen-bond donors (Lipinski definition) is 2. The van der Waals surface area contributed by atoms with Crippen LogP contribution in [0, 0.1) is 5.92 Å². The van der Waals surface area contributed by atoms with Gasteiger partial charge in [0.25, 0.3) is 0 Å². The van der Waals surface area contributed by atoms with Crippen molar-refractivity contribution in [2.45, 2.75) is 25.1 Å². The summed E-state index contributed by atoms with van der Waals surface area (Å²) in [5.41, 5.74) is 1.32. The van der Waals surface area contributed by atoms with Gasteiger partial charge >= 0.3 is 12.3 Å². The summed E-state index contributed by atoms with van der Waals surface area (Å²) in [5.74, 6) is -2.24. The second-order valence-corrected chi connectivity index (χ2v) is 6.58. The normalized spacial score (nSPS) is 18.4. The van der Waals surface area contributed by atoms with Crippen LogP contribution < -0.4 is 10.1 Å². The summed E-state index contributed by atoms with van der Waals surface area (Å²) in [6.07, 6.45) is -3.87. The molecular formula is C20H18F3NO4. The Kier molecular flexibility index (Phi) is 5.58. The Labute approximate surface area is 159 Å². The van der Waals surface area contributed by atoms with Gasteiger partial charge in [0.15, 0.2) is 0 Å². The molecule has 2 atom stereocenters. The lowest BCUT2D eigenvalue weighted by atomic mass is 10.1. The van der Waals surface area contributed by atoms with Crippen molar-refractivity contribution in [2.75, 3.05) is 6.54 Å². The monoisotopic (exact) mass is 393 g/mol. The molecule has 2 N–H and O–H groups in total. The van der Waals surface area contributed by atoms with Crippen LogP contribution in [-0.4, -0.2) is 29.9 Å². The van der Waals surface area contributed by atoms with Gasteiger partial charge in [0, 0.05) is 12.5 Å². The summed E-state index contributed by atoms with van der Waals surface area (Å²) in [6.45, 7) is 0.311. The topological polar surface area (TPSA) is 75.6 Å². The second kappa shape index (κ2) is 7.92. The number of amides is 1. The number of carboxylic acid groups (broad SMARTS) is 1. The molecule has 0 spiro atoms. The Morgan fingerprint density at radius 1 is 1.14 bits per heavy atom. The number of halogens is 3. The van der Waals surface area contributed by atoms with Crippen molar-refractivity contribution in [3.63, 3.8) is 0 Å². The third-order valence-corrected chi connectivity index (χ3v) is 4.56. The first kappa shape index (κ1) is 19.7. The highest BCUT2D eigenvalue weighted by Gasteiger charge is 2.46.